The predicted octanol–water partition coefficient (Wildman–Crippen LogP) is 1.35. The molecule has 1 fully saturated rings. The summed E-state index contributed by atoms with van der Waals surface area (Å²) in [6.07, 6.45) is 2.43. The first-order valence-corrected chi connectivity index (χ1v) is 5.78. The van der Waals surface area contributed by atoms with Crippen LogP contribution in [-0.4, -0.2) is 39.6 Å². The van der Waals surface area contributed by atoms with Crippen LogP contribution in [0.25, 0.3) is 0 Å². The van der Waals surface area contributed by atoms with Crippen LogP contribution in [0.5, 0.6) is 0 Å². The number of pyridine rings is 1. The summed E-state index contributed by atoms with van der Waals surface area (Å²) in [6.45, 7) is 2.24. The fraction of sp³-hybridized carbons (Fsp3) is 0.500. The highest BCUT2D eigenvalue weighted by atomic mass is 19.2. The summed E-state index contributed by atoms with van der Waals surface area (Å²) in [5.41, 5.74) is -1.23. The Morgan fingerprint density at radius 3 is 2.83 bits per heavy atom. The molecule has 0 unspecified atom stereocenters. The number of carbonyl (C=O) groups is 1. The number of hydrogen-bond acceptors (Lipinski definition) is 3. The lowest BCUT2D eigenvalue weighted by molar-refractivity contribution is -0.0861. The second-order valence-corrected chi connectivity index (χ2v) is 4.60. The van der Waals surface area contributed by atoms with Gasteiger partial charge in [-0.2, -0.15) is 4.39 Å². The van der Waals surface area contributed by atoms with Crippen LogP contribution in [0.15, 0.2) is 12.3 Å². The Labute approximate surface area is 103 Å². The molecule has 1 N–H and O–H groups in total. The normalized spacial score (nSPS) is 17.4. The van der Waals surface area contributed by atoms with Gasteiger partial charge in [0.05, 0.1) is 24.3 Å². The number of aliphatic hydroxyl groups is 1. The molecule has 1 aromatic heterocycles. The summed E-state index contributed by atoms with van der Waals surface area (Å²) in [5.74, 6) is -3.15. The molecule has 98 valence electrons. The van der Waals surface area contributed by atoms with Gasteiger partial charge in [0.1, 0.15) is 0 Å². The van der Waals surface area contributed by atoms with E-state index in [1.807, 2.05) is 6.92 Å². The van der Waals surface area contributed by atoms with Crippen molar-refractivity contribution >= 4 is 5.91 Å². The standard InChI is InChI=1S/C12H14F2N2O2/c1-2-4-12(18)6-16(7-12)11(17)8-3-5-15-10(14)9(8)13/h3,5,18H,2,4,6-7H2,1H3. The summed E-state index contributed by atoms with van der Waals surface area (Å²) in [7, 11) is 0. The van der Waals surface area contributed by atoms with Gasteiger partial charge in [0.2, 0.25) is 5.95 Å². The zero-order valence-electron chi connectivity index (χ0n) is 9.99. The Hall–Kier alpha value is -1.56. The average molecular weight is 256 g/mol. The third-order valence-electron chi connectivity index (χ3n) is 3.05. The quantitative estimate of drug-likeness (QED) is 0.830. The number of carbonyl (C=O) groups excluding carboxylic acids is 1. The average Bonchev–Trinajstić information content (AvgIpc) is 2.29. The van der Waals surface area contributed by atoms with E-state index in [0.29, 0.717) is 6.42 Å². The zero-order chi connectivity index (χ0) is 13.3. The number of amides is 1. The molecule has 0 atom stereocenters. The maximum atomic E-state index is 13.4. The number of rotatable bonds is 3. The van der Waals surface area contributed by atoms with E-state index in [9.17, 15) is 18.7 Å². The number of β-amino-alcohol motifs (C(OH)–C–C–N with tert-alkyl or cyclic N) is 1. The van der Waals surface area contributed by atoms with Gasteiger partial charge in [0, 0.05) is 6.20 Å². The first-order valence-electron chi connectivity index (χ1n) is 5.78. The molecule has 1 aliphatic heterocycles. The lowest BCUT2D eigenvalue weighted by Crippen LogP contribution is -2.63. The van der Waals surface area contributed by atoms with E-state index in [0.717, 1.165) is 18.7 Å². The molecule has 0 aliphatic carbocycles. The SMILES string of the molecule is CCCC1(O)CN(C(=O)c2ccnc(F)c2F)C1. The maximum Gasteiger partial charge on any atom is 0.257 e. The van der Waals surface area contributed by atoms with Crippen molar-refractivity contribution in [1.29, 1.82) is 0 Å². The van der Waals surface area contributed by atoms with Crippen molar-refractivity contribution in [2.45, 2.75) is 25.4 Å². The summed E-state index contributed by atoms with van der Waals surface area (Å²) < 4.78 is 26.3. The Morgan fingerprint density at radius 2 is 2.22 bits per heavy atom. The Morgan fingerprint density at radius 1 is 1.56 bits per heavy atom. The summed E-state index contributed by atoms with van der Waals surface area (Å²) in [5, 5.41) is 9.93. The Balaban J connectivity index is 2.08. The van der Waals surface area contributed by atoms with Crippen LogP contribution in [-0.2, 0) is 0 Å². The van der Waals surface area contributed by atoms with E-state index in [2.05, 4.69) is 4.98 Å². The molecule has 2 heterocycles. The third-order valence-corrected chi connectivity index (χ3v) is 3.05. The summed E-state index contributed by atoms with van der Waals surface area (Å²) >= 11 is 0. The van der Waals surface area contributed by atoms with Crippen LogP contribution in [0.1, 0.15) is 30.1 Å². The third kappa shape index (κ3) is 2.20. The molecule has 0 spiro atoms. The number of nitrogens with zero attached hydrogens (tertiary/aromatic N) is 2. The Bertz CT molecular complexity index is 473. The topological polar surface area (TPSA) is 53.4 Å². The van der Waals surface area contributed by atoms with Crippen molar-refractivity contribution in [3.63, 3.8) is 0 Å². The first-order chi connectivity index (χ1) is 8.47. The molecule has 1 amide bonds. The minimum atomic E-state index is -1.29. The van der Waals surface area contributed by atoms with Gasteiger partial charge in [-0.05, 0) is 12.5 Å². The van der Waals surface area contributed by atoms with Crippen molar-refractivity contribution in [2.24, 2.45) is 0 Å². The maximum absolute atomic E-state index is 13.4. The van der Waals surface area contributed by atoms with Crippen LogP contribution in [0.4, 0.5) is 8.78 Å². The van der Waals surface area contributed by atoms with Crippen LogP contribution >= 0.6 is 0 Å². The van der Waals surface area contributed by atoms with Crippen molar-refractivity contribution in [1.82, 2.24) is 9.88 Å². The second kappa shape index (κ2) is 4.61. The second-order valence-electron chi connectivity index (χ2n) is 4.60. The van der Waals surface area contributed by atoms with E-state index < -0.39 is 23.3 Å². The molecule has 1 aliphatic rings. The van der Waals surface area contributed by atoms with Crippen molar-refractivity contribution in [2.75, 3.05) is 13.1 Å². The monoisotopic (exact) mass is 256 g/mol. The molecule has 0 aromatic carbocycles. The van der Waals surface area contributed by atoms with E-state index in [4.69, 9.17) is 0 Å². The van der Waals surface area contributed by atoms with E-state index in [1.165, 1.54) is 4.90 Å². The van der Waals surface area contributed by atoms with Gasteiger partial charge in [-0.25, -0.2) is 9.37 Å². The molecule has 1 aromatic rings. The fourth-order valence-corrected chi connectivity index (χ4v) is 2.19. The molecular formula is C12H14F2N2O2. The molecule has 6 heteroatoms. The van der Waals surface area contributed by atoms with E-state index in [1.54, 1.807) is 0 Å². The van der Waals surface area contributed by atoms with Gasteiger partial charge in [-0.3, -0.25) is 4.79 Å². The highest BCUT2D eigenvalue weighted by molar-refractivity contribution is 5.95. The fourth-order valence-electron chi connectivity index (χ4n) is 2.19. The molecule has 4 nitrogen and oxygen atoms in total. The Kier molecular flexibility index (Phi) is 3.30. The van der Waals surface area contributed by atoms with Crippen molar-refractivity contribution in [3.8, 4) is 0 Å². The minimum absolute atomic E-state index is 0.156. The molecule has 18 heavy (non-hydrogen) atoms. The number of hydrogen-bond donors (Lipinski definition) is 1. The van der Waals surface area contributed by atoms with Gasteiger partial charge in [0.15, 0.2) is 5.82 Å². The number of likely N-dealkylation sites (tertiary alicyclic amines) is 1. The lowest BCUT2D eigenvalue weighted by Gasteiger charge is -2.46. The predicted molar refractivity (Wildman–Crippen MR) is 59.9 cm³/mol. The van der Waals surface area contributed by atoms with Gasteiger partial charge < -0.3 is 10.0 Å². The first kappa shape index (κ1) is 12.9. The summed E-state index contributed by atoms with van der Waals surface area (Å²) in [6, 6.07) is 1.14. The molecule has 2 rings (SSSR count). The van der Waals surface area contributed by atoms with Crippen molar-refractivity contribution in [3.05, 3.63) is 29.6 Å². The van der Waals surface area contributed by atoms with Gasteiger partial charge in [-0.15, -0.1) is 0 Å². The van der Waals surface area contributed by atoms with E-state index in [-0.39, 0.29) is 18.7 Å². The molecular weight excluding hydrogens is 242 g/mol. The van der Waals surface area contributed by atoms with Gasteiger partial charge in [0.25, 0.3) is 5.91 Å². The van der Waals surface area contributed by atoms with Gasteiger partial charge >= 0.3 is 0 Å². The van der Waals surface area contributed by atoms with Crippen LogP contribution in [0, 0.1) is 11.8 Å². The zero-order valence-corrected chi connectivity index (χ0v) is 9.99. The molecule has 0 bridgehead atoms. The van der Waals surface area contributed by atoms with Crippen LogP contribution in [0.2, 0.25) is 0 Å². The highest BCUT2D eigenvalue weighted by Crippen LogP contribution is 2.27. The smallest absolute Gasteiger partial charge is 0.257 e. The lowest BCUT2D eigenvalue weighted by atomic mass is 9.89. The summed E-state index contributed by atoms with van der Waals surface area (Å²) in [4.78, 5) is 16.3. The molecule has 0 saturated carbocycles. The van der Waals surface area contributed by atoms with E-state index >= 15 is 0 Å². The largest absolute Gasteiger partial charge is 0.386 e. The molecule has 1 saturated heterocycles. The van der Waals surface area contributed by atoms with Crippen molar-refractivity contribution < 1.29 is 18.7 Å². The van der Waals surface area contributed by atoms with Crippen LogP contribution < -0.4 is 0 Å². The number of aromatic nitrogens is 1. The number of halogens is 2. The van der Waals surface area contributed by atoms with Crippen LogP contribution in [0.3, 0.4) is 0 Å². The van der Waals surface area contributed by atoms with Gasteiger partial charge in [-0.1, -0.05) is 13.3 Å². The molecule has 0 radical (unpaired) electrons. The highest BCUT2D eigenvalue weighted by Gasteiger charge is 2.43. The minimum Gasteiger partial charge on any atom is -0.386 e.